The van der Waals surface area contributed by atoms with Gasteiger partial charge in [0, 0.05) is 19.1 Å². The van der Waals surface area contributed by atoms with Crippen molar-refractivity contribution < 1.29 is 9.50 Å². The van der Waals surface area contributed by atoms with Gasteiger partial charge >= 0.3 is 0 Å². The van der Waals surface area contributed by atoms with Crippen LogP contribution in [0.15, 0.2) is 18.2 Å². The van der Waals surface area contributed by atoms with E-state index in [1.807, 2.05) is 13.0 Å². The third-order valence-electron chi connectivity index (χ3n) is 3.69. The van der Waals surface area contributed by atoms with Crippen LogP contribution in [0.2, 0.25) is 0 Å². The van der Waals surface area contributed by atoms with Gasteiger partial charge in [0.1, 0.15) is 5.82 Å². The highest BCUT2D eigenvalue weighted by atomic mass is 19.1. The van der Waals surface area contributed by atoms with Gasteiger partial charge < -0.3 is 5.11 Å². The summed E-state index contributed by atoms with van der Waals surface area (Å²) < 4.78 is 13.1. The third kappa shape index (κ3) is 2.67. The fourth-order valence-corrected chi connectivity index (χ4v) is 2.50. The van der Waals surface area contributed by atoms with Crippen molar-refractivity contribution in [2.45, 2.75) is 38.8 Å². The van der Waals surface area contributed by atoms with Gasteiger partial charge in [-0.15, -0.1) is 0 Å². The Balaban J connectivity index is 2.15. The van der Waals surface area contributed by atoms with E-state index in [9.17, 15) is 9.50 Å². The van der Waals surface area contributed by atoms with Crippen molar-refractivity contribution in [2.24, 2.45) is 0 Å². The SMILES string of the molecule is CC[C@@H](O)CN1CCc2cc(F)ccc2[C@H]1C. The molecule has 0 aromatic heterocycles. The van der Waals surface area contributed by atoms with E-state index in [1.54, 1.807) is 6.07 Å². The first kappa shape index (κ1) is 12.5. The summed E-state index contributed by atoms with van der Waals surface area (Å²) in [6, 6.07) is 5.30. The molecule has 0 radical (unpaired) electrons. The van der Waals surface area contributed by atoms with Crippen molar-refractivity contribution >= 4 is 0 Å². The second kappa shape index (κ2) is 5.15. The normalized spacial score (nSPS) is 22.2. The molecule has 0 unspecified atom stereocenters. The van der Waals surface area contributed by atoms with Crippen LogP contribution < -0.4 is 0 Å². The fraction of sp³-hybridized carbons (Fsp3) is 0.571. The Bertz CT molecular complexity index is 394. The highest BCUT2D eigenvalue weighted by molar-refractivity contribution is 5.32. The summed E-state index contributed by atoms with van der Waals surface area (Å²) in [7, 11) is 0. The summed E-state index contributed by atoms with van der Waals surface area (Å²) in [4.78, 5) is 2.27. The maximum absolute atomic E-state index is 13.1. The van der Waals surface area contributed by atoms with Crippen LogP contribution >= 0.6 is 0 Å². The van der Waals surface area contributed by atoms with E-state index in [0.29, 0.717) is 6.54 Å². The van der Waals surface area contributed by atoms with Gasteiger partial charge in [-0.05, 0) is 43.0 Å². The number of β-amino-alcohol motifs (C(OH)–C–C–N with tert-alkyl or cyclic N) is 1. The lowest BCUT2D eigenvalue weighted by Crippen LogP contribution is -2.39. The highest BCUT2D eigenvalue weighted by Crippen LogP contribution is 2.29. The van der Waals surface area contributed by atoms with Gasteiger partial charge in [0.05, 0.1) is 6.10 Å². The Labute approximate surface area is 102 Å². The Morgan fingerprint density at radius 1 is 1.53 bits per heavy atom. The van der Waals surface area contributed by atoms with Crippen LogP contribution in [-0.4, -0.2) is 29.2 Å². The molecular formula is C14H20FNO. The second-order valence-electron chi connectivity index (χ2n) is 4.83. The molecule has 0 fully saturated rings. The summed E-state index contributed by atoms with van der Waals surface area (Å²) in [6.07, 6.45) is 1.38. The first-order chi connectivity index (χ1) is 8.11. The van der Waals surface area contributed by atoms with Crippen molar-refractivity contribution in [3.63, 3.8) is 0 Å². The van der Waals surface area contributed by atoms with E-state index < -0.39 is 0 Å². The van der Waals surface area contributed by atoms with Crippen LogP contribution in [0.25, 0.3) is 0 Å². The Kier molecular flexibility index (Phi) is 3.79. The molecule has 1 aliphatic rings. The van der Waals surface area contributed by atoms with Gasteiger partial charge in [-0.25, -0.2) is 4.39 Å². The molecule has 1 heterocycles. The molecule has 1 aliphatic heterocycles. The molecule has 2 rings (SSSR count). The van der Waals surface area contributed by atoms with Crippen LogP contribution in [0.5, 0.6) is 0 Å². The molecule has 0 aliphatic carbocycles. The van der Waals surface area contributed by atoms with E-state index in [2.05, 4.69) is 11.8 Å². The third-order valence-corrected chi connectivity index (χ3v) is 3.69. The minimum absolute atomic E-state index is 0.155. The molecule has 2 atom stereocenters. The number of rotatable bonds is 3. The first-order valence-electron chi connectivity index (χ1n) is 6.32. The molecule has 3 heteroatoms. The van der Waals surface area contributed by atoms with Gasteiger partial charge in [0.2, 0.25) is 0 Å². The molecule has 0 spiro atoms. The number of aliphatic hydroxyl groups excluding tert-OH is 1. The van der Waals surface area contributed by atoms with Crippen LogP contribution in [-0.2, 0) is 6.42 Å². The quantitative estimate of drug-likeness (QED) is 0.873. The topological polar surface area (TPSA) is 23.5 Å². The number of fused-ring (bicyclic) bond motifs is 1. The lowest BCUT2D eigenvalue weighted by atomic mass is 9.93. The molecular weight excluding hydrogens is 217 g/mol. The number of aliphatic hydroxyl groups is 1. The number of nitrogens with zero attached hydrogens (tertiary/aromatic N) is 1. The molecule has 2 nitrogen and oxygen atoms in total. The van der Waals surface area contributed by atoms with Crippen molar-refractivity contribution in [3.05, 3.63) is 35.1 Å². The summed E-state index contributed by atoms with van der Waals surface area (Å²) in [5.41, 5.74) is 2.31. The van der Waals surface area contributed by atoms with Gasteiger partial charge in [0.15, 0.2) is 0 Å². The maximum Gasteiger partial charge on any atom is 0.123 e. The van der Waals surface area contributed by atoms with E-state index >= 15 is 0 Å². The summed E-state index contributed by atoms with van der Waals surface area (Å²) in [5, 5.41) is 9.72. The summed E-state index contributed by atoms with van der Waals surface area (Å²) >= 11 is 0. The molecule has 1 aromatic rings. The molecule has 1 aromatic carbocycles. The summed E-state index contributed by atoms with van der Waals surface area (Å²) in [5.74, 6) is -0.155. The molecule has 0 bridgehead atoms. The van der Waals surface area contributed by atoms with Crippen LogP contribution in [0.3, 0.4) is 0 Å². The zero-order valence-electron chi connectivity index (χ0n) is 10.5. The second-order valence-corrected chi connectivity index (χ2v) is 4.83. The standard InChI is InChI=1S/C14H20FNO/c1-3-13(17)9-16-7-6-11-8-12(15)4-5-14(11)10(16)2/h4-5,8,10,13,17H,3,6-7,9H2,1-2H3/t10-,13-/m1/s1. The molecule has 0 amide bonds. The van der Waals surface area contributed by atoms with Gasteiger partial charge in [-0.2, -0.15) is 0 Å². The first-order valence-corrected chi connectivity index (χ1v) is 6.32. The maximum atomic E-state index is 13.1. The highest BCUT2D eigenvalue weighted by Gasteiger charge is 2.25. The van der Waals surface area contributed by atoms with E-state index in [1.165, 1.54) is 11.6 Å². The number of hydrogen-bond donors (Lipinski definition) is 1. The number of benzene rings is 1. The largest absolute Gasteiger partial charge is 0.392 e. The number of halogens is 1. The summed E-state index contributed by atoms with van der Waals surface area (Å²) in [6.45, 7) is 5.71. The average molecular weight is 237 g/mol. The van der Waals surface area contributed by atoms with E-state index in [-0.39, 0.29) is 18.0 Å². The van der Waals surface area contributed by atoms with Gasteiger partial charge in [0.25, 0.3) is 0 Å². The molecule has 0 saturated carbocycles. The van der Waals surface area contributed by atoms with Crippen molar-refractivity contribution in [1.29, 1.82) is 0 Å². The molecule has 0 saturated heterocycles. The monoisotopic (exact) mass is 237 g/mol. The minimum Gasteiger partial charge on any atom is -0.392 e. The minimum atomic E-state index is -0.264. The Hall–Kier alpha value is -0.930. The molecule has 17 heavy (non-hydrogen) atoms. The molecule has 94 valence electrons. The van der Waals surface area contributed by atoms with Gasteiger partial charge in [-0.3, -0.25) is 4.90 Å². The van der Waals surface area contributed by atoms with Crippen molar-refractivity contribution in [2.75, 3.05) is 13.1 Å². The van der Waals surface area contributed by atoms with Crippen LogP contribution in [0.4, 0.5) is 4.39 Å². The predicted molar refractivity (Wildman–Crippen MR) is 66.4 cm³/mol. The van der Waals surface area contributed by atoms with E-state index in [4.69, 9.17) is 0 Å². The Morgan fingerprint density at radius 3 is 3.00 bits per heavy atom. The van der Waals surface area contributed by atoms with E-state index in [0.717, 1.165) is 24.9 Å². The predicted octanol–water partition coefficient (Wildman–Crippen LogP) is 2.52. The van der Waals surface area contributed by atoms with Gasteiger partial charge in [-0.1, -0.05) is 13.0 Å². The lowest BCUT2D eigenvalue weighted by molar-refractivity contribution is 0.0840. The Morgan fingerprint density at radius 2 is 2.29 bits per heavy atom. The fourth-order valence-electron chi connectivity index (χ4n) is 2.50. The average Bonchev–Trinajstić information content (AvgIpc) is 2.32. The molecule has 1 N–H and O–H groups in total. The lowest BCUT2D eigenvalue weighted by Gasteiger charge is -2.36. The van der Waals surface area contributed by atoms with Crippen molar-refractivity contribution in [3.8, 4) is 0 Å². The number of hydrogen-bond acceptors (Lipinski definition) is 2. The van der Waals surface area contributed by atoms with Crippen LogP contribution in [0.1, 0.15) is 37.4 Å². The van der Waals surface area contributed by atoms with Crippen LogP contribution in [0, 0.1) is 5.82 Å². The van der Waals surface area contributed by atoms with Crippen molar-refractivity contribution in [1.82, 2.24) is 4.90 Å². The zero-order chi connectivity index (χ0) is 12.4. The zero-order valence-corrected chi connectivity index (χ0v) is 10.5. The smallest absolute Gasteiger partial charge is 0.123 e.